The third kappa shape index (κ3) is 2.30. The molecule has 14 heavy (non-hydrogen) atoms. The Morgan fingerprint density at radius 2 is 1.57 bits per heavy atom. The van der Waals surface area contributed by atoms with Crippen LogP contribution >= 0.6 is 11.6 Å². The van der Waals surface area contributed by atoms with Crippen LogP contribution in [-0.2, 0) is 0 Å². The molecular formula is C13H19Cl. The van der Waals surface area contributed by atoms with Crippen molar-refractivity contribution in [1.82, 2.24) is 0 Å². The number of hydrogen-bond donors (Lipinski definition) is 0. The van der Waals surface area contributed by atoms with Crippen LogP contribution in [-0.4, -0.2) is 0 Å². The molecule has 0 bridgehead atoms. The first-order valence-corrected chi connectivity index (χ1v) is 5.61. The minimum Gasteiger partial charge on any atom is -0.0843 e. The molecule has 1 aromatic rings. The highest BCUT2D eigenvalue weighted by Gasteiger charge is 2.13. The molecule has 78 valence electrons. The highest BCUT2D eigenvalue weighted by atomic mass is 35.5. The van der Waals surface area contributed by atoms with Gasteiger partial charge in [0.2, 0.25) is 0 Å². The quantitative estimate of drug-likeness (QED) is 0.652. The van der Waals surface area contributed by atoms with Crippen molar-refractivity contribution >= 4 is 11.6 Å². The highest BCUT2D eigenvalue weighted by molar-refractivity contribution is 6.30. The molecule has 0 nitrogen and oxygen atoms in total. The summed E-state index contributed by atoms with van der Waals surface area (Å²) >= 11 is 6.07. The fourth-order valence-corrected chi connectivity index (χ4v) is 2.33. The zero-order valence-corrected chi connectivity index (χ0v) is 10.4. The Hall–Kier alpha value is -0.490. The predicted octanol–water partition coefficient (Wildman–Crippen LogP) is 4.90. The maximum absolute atomic E-state index is 6.07. The van der Waals surface area contributed by atoms with Crippen molar-refractivity contribution in [2.75, 3.05) is 0 Å². The summed E-state index contributed by atoms with van der Waals surface area (Å²) in [5.74, 6) is 1.12. The van der Waals surface area contributed by atoms with Gasteiger partial charge < -0.3 is 0 Å². The average Bonchev–Trinajstić information content (AvgIpc) is 2.01. The lowest BCUT2D eigenvalue weighted by Crippen LogP contribution is -2.01. The molecule has 0 aliphatic heterocycles. The van der Waals surface area contributed by atoms with E-state index in [9.17, 15) is 0 Å². The molecule has 0 fully saturated rings. The zero-order valence-electron chi connectivity index (χ0n) is 9.69. The van der Waals surface area contributed by atoms with Gasteiger partial charge in [0.1, 0.15) is 0 Å². The van der Waals surface area contributed by atoms with Crippen molar-refractivity contribution in [2.24, 2.45) is 0 Å². The van der Waals surface area contributed by atoms with E-state index in [2.05, 4.69) is 46.8 Å². The van der Waals surface area contributed by atoms with Gasteiger partial charge in [0.15, 0.2) is 0 Å². The minimum absolute atomic E-state index is 0.546. The fourth-order valence-electron chi connectivity index (χ4n) is 2.05. The topological polar surface area (TPSA) is 0 Å². The molecule has 0 atom stereocenters. The van der Waals surface area contributed by atoms with Crippen molar-refractivity contribution in [3.8, 4) is 0 Å². The van der Waals surface area contributed by atoms with Crippen molar-refractivity contribution in [3.05, 3.63) is 33.8 Å². The van der Waals surface area contributed by atoms with Gasteiger partial charge in [0.05, 0.1) is 0 Å². The van der Waals surface area contributed by atoms with E-state index in [1.165, 1.54) is 16.7 Å². The highest BCUT2D eigenvalue weighted by Crippen LogP contribution is 2.31. The number of aryl methyl sites for hydroxylation is 1. The molecule has 0 radical (unpaired) electrons. The molecule has 0 heterocycles. The summed E-state index contributed by atoms with van der Waals surface area (Å²) in [6.45, 7) is 11.1. The number of benzene rings is 1. The summed E-state index contributed by atoms with van der Waals surface area (Å²) in [6.07, 6.45) is 0. The van der Waals surface area contributed by atoms with Gasteiger partial charge in [-0.1, -0.05) is 39.3 Å². The molecular weight excluding hydrogens is 192 g/mol. The number of halogens is 1. The third-order valence-corrected chi connectivity index (χ3v) is 2.80. The van der Waals surface area contributed by atoms with E-state index >= 15 is 0 Å². The SMILES string of the molecule is Cc1cc(Cl)cc(C(C)C)c1C(C)C. The standard InChI is InChI=1S/C13H19Cl/c1-8(2)12-7-11(14)6-10(5)13(12)9(3)4/h6-9H,1-5H3. The zero-order chi connectivity index (χ0) is 10.9. The van der Waals surface area contributed by atoms with Gasteiger partial charge in [-0.25, -0.2) is 0 Å². The van der Waals surface area contributed by atoms with Gasteiger partial charge >= 0.3 is 0 Å². The van der Waals surface area contributed by atoms with Crippen molar-refractivity contribution in [2.45, 2.75) is 46.5 Å². The molecule has 0 aromatic heterocycles. The third-order valence-electron chi connectivity index (χ3n) is 2.58. The maximum atomic E-state index is 6.07. The van der Waals surface area contributed by atoms with Gasteiger partial charge in [0.25, 0.3) is 0 Å². The van der Waals surface area contributed by atoms with Gasteiger partial charge in [-0.05, 0) is 47.6 Å². The summed E-state index contributed by atoms with van der Waals surface area (Å²) in [5, 5.41) is 0.857. The van der Waals surface area contributed by atoms with E-state index < -0.39 is 0 Å². The molecule has 0 amide bonds. The molecule has 0 spiro atoms. The Kier molecular flexibility index (Phi) is 3.60. The first kappa shape index (κ1) is 11.6. The first-order valence-electron chi connectivity index (χ1n) is 5.23. The van der Waals surface area contributed by atoms with E-state index in [0.29, 0.717) is 11.8 Å². The molecule has 0 saturated carbocycles. The fraction of sp³-hybridized carbons (Fsp3) is 0.538. The molecule has 0 aliphatic rings. The Balaban J connectivity index is 3.37. The summed E-state index contributed by atoms with van der Waals surface area (Å²) in [6, 6.07) is 4.16. The van der Waals surface area contributed by atoms with E-state index in [-0.39, 0.29) is 0 Å². The lowest BCUT2D eigenvalue weighted by atomic mass is 9.87. The molecule has 0 N–H and O–H groups in total. The van der Waals surface area contributed by atoms with E-state index in [1.54, 1.807) is 0 Å². The molecule has 0 unspecified atom stereocenters. The van der Waals surface area contributed by atoms with Gasteiger partial charge in [-0.2, -0.15) is 0 Å². The van der Waals surface area contributed by atoms with Gasteiger partial charge in [-0.15, -0.1) is 0 Å². The van der Waals surface area contributed by atoms with E-state index in [0.717, 1.165) is 5.02 Å². The molecule has 0 aliphatic carbocycles. The number of hydrogen-bond acceptors (Lipinski definition) is 0. The molecule has 1 heteroatoms. The summed E-state index contributed by atoms with van der Waals surface area (Å²) in [4.78, 5) is 0. The average molecular weight is 211 g/mol. The van der Waals surface area contributed by atoms with Crippen LogP contribution in [0, 0.1) is 6.92 Å². The number of rotatable bonds is 2. The van der Waals surface area contributed by atoms with Crippen LogP contribution < -0.4 is 0 Å². The second kappa shape index (κ2) is 4.35. The van der Waals surface area contributed by atoms with Crippen LogP contribution in [0.5, 0.6) is 0 Å². The van der Waals surface area contributed by atoms with Crippen LogP contribution in [0.3, 0.4) is 0 Å². The van der Waals surface area contributed by atoms with Crippen LogP contribution in [0.25, 0.3) is 0 Å². The van der Waals surface area contributed by atoms with Crippen LogP contribution in [0.4, 0.5) is 0 Å². The largest absolute Gasteiger partial charge is 0.0843 e. The Labute approximate surface area is 92.3 Å². The van der Waals surface area contributed by atoms with E-state index in [4.69, 9.17) is 11.6 Å². The van der Waals surface area contributed by atoms with Crippen LogP contribution in [0.15, 0.2) is 12.1 Å². The predicted molar refractivity (Wildman–Crippen MR) is 64.4 cm³/mol. The monoisotopic (exact) mass is 210 g/mol. The lowest BCUT2D eigenvalue weighted by molar-refractivity contribution is 0.783. The first-order chi connectivity index (χ1) is 6.43. The molecule has 1 rings (SSSR count). The second-order valence-corrected chi connectivity index (χ2v) is 4.97. The molecule has 0 saturated heterocycles. The van der Waals surface area contributed by atoms with Gasteiger partial charge in [0, 0.05) is 5.02 Å². The Morgan fingerprint density at radius 1 is 1.00 bits per heavy atom. The van der Waals surface area contributed by atoms with Crippen LogP contribution in [0.1, 0.15) is 56.2 Å². The Morgan fingerprint density at radius 3 is 2.00 bits per heavy atom. The lowest BCUT2D eigenvalue weighted by Gasteiger charge is -2.19. The summed E-state index contributed by atoms with van der Waals surface area (Å²) < 4.78 is 0. The molecule has 1 aromatic carbocycles. The van der Waals surface area contributed by atoms with E-state index in [1.807, 2.05) is 0 Å². The van der Waals surface area contributed by atoms with Crippen molar-refractivity contribution in [1.29, 1.82) is 0 Å². The normalized spacial score (nSPS) is 11.4. The van der Waals surface area contributed by atoms with Crippen molar-refractivity contribution in [3.63, 3.8) is 0 Å². The maximum Gasteiger partial charge on any atom is 0.0411 e. The summed E-state index contributed by atoms with van der Waals surface area (Å²) in [5.41, 5.74) is 4.17. The summed E-state index contributed by atoms with van der Waals surface area (Å²) in [7, 11) is 0. The Bertz CT molecular complexity index is 324. The second-order valence-electron chi connectivity index (χ2n) is 4.53. The smallest absolute Gasteiger partial charge is 0.0411 e. The minimum atomic E-state index is 0.546. The van der Waals surface area contributed by atoms with Gasteiger partial charge in [-0.3, -0.25) is 0 Å². The van der Waals surface area contributed by atoms with Crippen molar-refractivity contribution < 1.29 is 0 Å². The van der Waals surface area contributed by atoms with Crippen LogP contribution in [0.2, 0.25) is 5.02 Å².